The Labute approximate surface area is 113 Å². The Balaban J connectivity index is 1.58. The number of rotatable bonds is 6. The summed E-state index contributed by atoms with van der Waals surface area (Å²) in [6.07, 6.45) is 13.0. The van der Waals surface area contributed by atoms with Crippen molar-refractivity contribution >= 4 is 0 Å². The van der Waals surface area contributed by atoms with Crippen LogP contribution in [0.15, 0.2) is 0 Å². The van der Waals surface area contributed by atoms with E-state index in [0.29, 0.717) is 5.41 Å². The van der Waals surface area contributed by atoms with E-state index in [4.69, 9.17) is 0 Å². The summed E-state index contributed by atoms with van der Waals surface area (Å²) < 4.78 is 0. The van der Waals surface area contributed by atoms with Gasteiger partial charge in [0.1, 0.15) is 0 Å². The van der Waals surface area contributed by atoms with Gasteiger partial charge in [0.2, 0.25) is 0 Å². The summed E-state index contributed by atoms with van der Waals surface area (Å²) in [4.78, 5) is 2.82. The second-order valence-corrected chi connectivity index (χ2v) is 7.04. The van der Waals surface area contributed by atoms with E-state index in [1.54, 1.807) is 0 Å². The molecule has 2 nitrogen and oxygen atoms in total. The standard InChI is InChI=1S/C16H30N2/c1-2-15-6-5-11-18(15)13-16(9-3-4-10-16)12-17-14-7-8-14/h14-15,17H,2-13H2,1H3. The third-order valence-corrected chi connectivity index (χ3v) is 5.52. The van der Waals surface area contributed by atoms with Crippen molar-refractivity contribution in [2.24, 2.45) is 5.41 Å². The van der Waals surface area contributed by atoms with E-state index in [1.165, 1.54) is 77.4 Å². The molecule has 3 rings (SSSR count). The van der Waals surface area contributed by atoms with Crippen LogP contribution in [0.4, 0.5) is 0 Å². The first kappa shape index (κ1) is 12.9. The number of nitrogens with zero attached hydrogens (tertiary/aromatic N) is 1. The molecule has 18 heavy (non-hydrogen) atoms. The molecule has 0 radical (unpaired) electrons. The number of nitrogens with one attached hydrogen (secondary N) is 1. The maximum atomic E-state index is 3.82. The fourth-order valence-electron chi connectivity index (χ4n) is 4.16. The highest BCUT2D eigenvalue weighted by Gasteiger charge is 2.39. The lowest BCUT2D eigenvalue weighted by Crippen LogP contribution is -2.44. The highest BCUT2D eigenvalue weighted by Crippen LogP contribution is 2.40. The molecule has 1 heterocycles. The van der Waals surface area contributed by atoms with Crippen molar-refractivity contribution < 1.29 is 0 Å². The molecule has 2 aliphatic carbocycles. The fraction of sp³-hybridized carbons (Fsp3) is 1.00. The second kappa shape index (κ2) is 5.50. The molecule has 2 heteroatoms. The van der Waals surface area contributed by atoms with Gasteiger partial charge in [-0.3, -0.25) is 4.90 Å². The van der Waals surface area contributed by atoms with Crippen LogP contribution in [0.1, 0.15) is 64.7 Å². The van der Waals surface area contributed by atoms with Crippen molar-refractivity contribution in [1.29, 1.82) is 0 Å². The van der Waals surface area contributed by atoms with Crippen LogP contribution in [-0.4, -0.2) is 36.6 Å². The molecule has 0 aromatic heterocycles. The van der Waals surface area contributed by atoms with E-state index in [-0.39, 0.29) is 0 Å². The zero-order valence-corrected chi connectivity index (χ0v) is 12.1. The van der Waals surface area contributed by atoms with Gasteiger partial charge in [-0.05, 0) is 56.9 Å². The van der Waals surface area contributed by atoms with Crippen molar-refractivity contribution in [3.63, 3.8) is 0 Å². The van der Waals surface area contributed by atoms with Crippen molar-refractivity contribution in [3.05, 3.63) is 0 Å². The van der Waals surface area contributed by atoms with E-state index in [9.17, 15) is 0 Å². The van der Waals surface area contributed by atoms with Crippen LogP contribution >= 0.6 is 0 Å². The zero-order chi connectivity index (χ0) is 12.4. The van der Waals surface area contributed by atoms with Crippen LogP contribution in [0.25, 0.3) is 0 Å². The highest BCUT2D eigenvalue weighted by molar-refractivity contribution is 4.94. The highest BCUT2D eigenvalue weighted by atomic mass is 15.2. The van der Waals surface area contributed by atoms with Crippen LogP contribution in [0, 0.1) is 5.41 Å². The maximum absolute atomic E-state index is 3.82. The monoisotopic (exact) mass is 250 g/mol. The summed E-state index contributed by atoms with van der Waals surface area (Å²) in [5.41, 5.74) is 0.625. The smallest absolute Gasteiger partial charge is 0.00933 e. The van der Waals surface area contributed by atoms with E-state index < -0.39 is 0 Å². The summed E-state index contributed by atoms with van der Waals surface area (Å²) in [5.74, 6) is 0. The largest absolute Gasteiger partial charge is 0.313 e. The Morgan fingerprint density at radius 1 is 1.11 bits per heavy atom. The van der Waals surface area contributed by atoms with Crippen LogP contribution in [-0.2, 0) is 0 Å². The van der Waals surface area contributed by atoms with Gasteiger partial charge in [0.05, 0.1) is 0 Å². The molecule has 104 valence electrons. The van der Waals surface area contributed by atoms with Crippen LogP contribution < -0.4 is 5.32 Å². The minimum atomic E-state index is 0.625. The second-order valence-electron chi connectivity index (χ2n) is 7.04. The molecule has 1 aliphatic heterocycles. The van der Waals surface area contributed by atoms with Crippen molar-refractivity contribution in [2.45, 2.75) is 76.8 Å². The van der Waals surface area contributed by atoms with Crippen molar-refractivity contribution in [1.82, 2.24) is 10.2 Å². The Morgan fingerprint density at radius 2 is 1.89 bits per heavy atom. The van der Waals surface area contributed by atoms with Gasteiger partial charge in [0, 0.05) is 25.2 Å². The van der Waals surface area contributed by atoms with E-state index >= 15 is 0 Å². The molecule has 0 spiro atoms. The number of hydrogen-bond acceptors (Lipinski definition) is 2. The van der Waals surface area contributed by atoms with Crippen LogP contribution in [0.5, 0.6) is 0 Å². The topological polar surface area (TPSA) is 15.3 Å². The third-order valence-electron chi connectivity index (χ3n) is 5.52. The Morgan fingerprint density at radius 3 is 2.56 bits per heavy atom. The number of likely N-dealkylation sites (tertiary alicyclic amines) is 1. The van der Waals surface area contributed by atoms with E-state index in [2.05, 4.69) is 17.1 Å². The number of hydrogen-bond donors (Lipinski definition) is 1. The molecule has 1 unspecified atom stereocenters. The molecular formula is C16H30N2. The molecular weight excluding hydrogens is 220 g/mol. The lowest BCUT2D eigenvalue weighted by Gasteiger charge is -2.36. The molecule has 3 fully saturated rings. The molecule has 2 saturated carbocycles. The van der Waals surface area contributed by atoms with Crippen LogP contribution in [0.2, 0.25) is 0 Å². The van der Waals surface area contributed by atoms with Gasteiger partial charge in [0.15, 0.2) is 0 Å². The van der Waals surface area contributed by atoms with E-state index in [1.807, 2.05) is 0 Å². The first-order chi connectivity index (χ1) is 8.81. The molecule has 0 bridgehead atoms. The molecule has 1 saturated heterocycles. The summed E-state index contributed by atoms with van der Waals surface area (Å²) in [5, 5.41) is 3.82. The Bertz CT molecular complexity index is 266. The summed E-state index contributed by atoms with van der Waals surface area (Å²) in [7, 11) is 0. The lowest BCUT2D eigenvalue weighted by molar-refractivity contribution is 0.135. The predicted molar refractivity (Wildman–Crippen MR) is 76.8 cm³/mol. The zero-order valence-electron chi connectivity index (χ0n) is 12.1. The van der Waals surface area contributed by atoms with Gasteiger partial charge in [-0.25, -0.2) is 0 Å². The van der Waals surface area contributed by atoms with Gasteiger partial charge in [-0.2, -0.15) is 0 Å². The Kier molecular flexibility index (Phi) is 3.95. The normalized spacial score (nSPS) is 32.2. The van der Waals surface area contributed by atoms with Crippen molar-refractivity contribution in [2.75, 3.05) is 19.6 Å². The molecule has 0 aromatic carbocycles. The van der Waals surface area contributed by atoms with Gasteiger partial charge >= 0.3 is 0 Å². The van der Waals surface area contributed by atoms with Gasteiger partial charge in [0.25, 0.3) is 0 Å². The summed E-state index contributed by atoms with van der Waals surface area (Å²) >= 11 is 0. The first-order valence-corrected chi connectivity index (χ1v) is 8.29. The molecule has 0 aromatic rings. The average molecular weight is 250 g/mol. The lowest BCUT2D eigenvalue weighted by atomic mass is 9.85. The average Bonchev–Trinajstić information content (AvgIpc) is 2.93. The maximum Gasteiger partial charge on any atom is 0.00933 e. The third kappa shape index (κ3) is 2.91. The molecule has 1 N–H and O–H groups in total. The van der Waals surface area contributed by atoms with Crippen LogP contribution in [0.3, 0.4) is 0 Å². The molecule has 1 atom stereocenters. The van der Waals surface area contributed by atoms with Gasteiger partial charge < -0.3 is 5.32 Å². The quantitative estimate of drug-likeness (QED) is 0.779. The predicted octanol–water partition coefficient (Wildman–Crippen LogP) is 3.17. The van der Waals surface area contributed by atoms with E-state index in [0.717, 1.165) is 12.1 Å². The molecule has 0 amide bonds. The summed E-state index contributed by atoms with van der Waals surface area (Å²) in [6, 6.07) is 1.77. The van der Waals surface area contributed by atoms with Crippen molar-refractivity contribution in [3.8, 4) is 0 Å². The van der Waals surface area contributed by atoms with Gasteiger partial charge in [-0.1, -0.05) is 19.8 Å². The molecule has 3 aliphatic rings. The Hall–Kier alpha value is -0.0800. The first-order valence-electron chi connectivity index (χ1n) is 8.29. The minimum absolute atomic E-state index is 0.625. The minimum Gasteiger partial charge on any atom is -0.313 e. The fourth-order valence-corrected chi connectivity index (χ4v) is 4.16. The SMILES string of the molecule is CCC1CCCN1CC1(CNC2CC2)CCCC1. The van der Waals surface area contributed by atoms with Gasteiger partial charge in [-0.15, -0.1) is 0 Å². The summed E-state index contributed by atoms with van der Waals surface area (Å²) in [6.45, 7) is 6.41.